The molecular weight excluding hydrogens is 219 g/mol. The molecule has 0 heterocycles. The van der Waals surface area contributed by atoms with Gasteiger partial charge in [-0.05, 0) is 29.7 Å². The van der Waals surface area contributed by atoms with Gasteiger partial charge in [-0.1, -0.05) is 29.3 Å². The van der Waals surface area contributed by atoms with E-state index in [0.29, 0.717) is 15.6 Å². The van der Waals surface area contributed by atoms with Crippen LogP contribution in [0, 0.1) is 0 Å². The Balaban J connectivity index is 2.82. The molecule has 0 radical (unpaired) electrons. The minimum absolute atomic E-state index is 0.548. The second-order valence-electron chi connectivity index (χ2n) is 2.99. The number of carbonyl (C=O) groups excluding carboxylic acids is 1. The second kappa shape index (κ2) is 3.60. The van der Waals surface area contributed by atoms with Gasteiger partial charge in [0.2, 0.25) is 0 Å². The SMILES string of the molecule is O=Cc1cc(Cl)c2cc(Cl)ccc2c1. The highest BCUT2D eigenvalue weighted by Gasteiger charge is 2.02. The van der Waals surface area contributed by atoms with E-state index in [-0.39, 0.29) is 0 Å². The van der Waals surface area contributed by atoms with Gasteiger partial charge in [-0.2, -0.15) is 0 Å². The number of hydrogen-bond acceptors (Lipinski definition) is 1. The monoisotopic (exact) mass is 224 g/mol. The fourth-order valence-corrected chi connectivity index (χ4v) is 1.84. The summed E-state index contributed by atoms with van der Waals surface area (Å²) in [5.74, 6) is 0. The van der Waals surface area contributed by atoms with Crippen LogP contribution in [0.15, 0.2) is 30.3 Å². The summed E-state index contributed by atoms with van der Waals surface area (Å²) >= 11 is 11.8. The second-order valence-corrected chi connectivity index (χ2v) is 3.83. The number of fused-ring (bicyclic) bond motifs is 1. The molecule has 0 bridgehead atoms. The van der Waals surface area contributed by atoms with E-state index in [1.165, 1.54) is 0 Å². The maximum absolute atomic E-state index is 10.6. The molecule has 0 aromatic heterocycles. The molecule has 0 unspecified atom stereocenters. The van der Waals surface area contributed by atoms with Gasteiger partial charge < -0.3 is 0 Å². The Morgan fingerprint density at radius 3 is 2.57 bits per heavy atom. The van der Waals surface area contributed by atoms with Gasteiger partial charge in [-0.3, -0.25) is 4.79 Å². The average molecular weight is 225 g/mol. The standard InChI is InChI=1S/C11H6Cl2O/c12-9-2-1-8-3-7(6-14)4-11(13)10(8)5-9/h1-6H. The molecule has 3 heteroatoms. The van der Waals surface area contributed by atoms with Crippen molar-refractivity contribution >= 4 is 40.3 Å². The van der Waals surface area contributed by atoms with Gasteiger partial charge in [0, 0.05) is 21.0 Å². The fourth-order valence-electron chi connectivity index (χ4n) is 1.37. The summed E-state index contributed by atoms with van der Waals surface area (Å²) in [5.41, 5.74) is 0.574. The average Bonchev–Trinajstić information content (AvgIpc) is 2.19. The van der Waals surface area contributed by atoms with Crippen molar-refractivity contribution in [1.29, 1.82) is 0 Å². The number of rotatable bonds is 1. The zero-order valence-electron chi connectivity index (χ0n) is 7.13. The third kappa shape index (κ3) is 1.61. The molecule has 0 amide bonds. The topological polar surface area (TPSA) is 17.1 Å². The number of aldehydes is 1. The van der Waals surface area contributed by atoms with Gasteiger partial charge in [0.1, 0.15) is 6.29 Å². The highest BCUT2D eigenvalue weighted by molar-refractivity contribution is 6.37. The third-order valence-electron chi connectivity index (χ3n) is 2.02. The quantitative estimate of drug-likeness (QED) is 0.671. The summed E-state index contributed by atoms with van der Waals surface area (Å²) in [4.78, 5) is 10.6. The Labute approximate surface area is 91.2 Å². The Hall–Kier alpha value is -1.05. The van der Waals surface area contributed by atoms with Crippen LogP contribution in [0.3, 0.4) is 0 Å². The molecule has 0 N–H and O–H groups in total. The molecule has 0 aliphatic carbocycles. The van der Waals surface area contributed by atoms with Gasteiger partial charge >= 0.3 is 0 Å². The summed E-state index contributed by atoms with van der Waals surface area (Å²) in [6.07, 6.45) is 0.778. The molecule has 14 heavy (non-hydrogen) atoms. The van der Waals surface area contributed by atoms with E-state index in [1.807, 2.05) is 6.07 Å². The van der Waals surface area contributed by atoms with Gasteiger partial charge in [0.25, 0.3) is 0 Å². The molecule has 0 fully saturated rings. The largest absolute Gasteiger partial charge is 0.298 e. The lowest BCUT2D eigenvalue weighted by Crippen LogP contribution is -1.82. The third-order valence-corrected chi connectivity index (χ3v) is 2.57. The zero-order valence-corrected chi connectivity index (χ0v) is 8.64. The van der Waals surface area contributed by atoms with Gasteiger partial charge in [0.05, 0.1) is 0 Å². The molecule has 0 saturated heterocycles. The van der Waals surface area contributed by atoms with Crippen molar-refractivity contribution in [2.75, 3.05) is 0 Å². The molecule has 0 spiro atoms. The summed E-state index contributed by atoms with van der Waals surface area (Å²) in [7, 11) is 0. The van der Waals surface area contributed by atoms with E-state index in [9.17, 15) is 4.79 Å². The lowest BCUT2D eigenvalue weighted by Gasteiger charge is -2.02. The van der Waals surface area contributed by atoms with E-state index >= 15 is 0 Å². The Morgan fingerprint density at radius 2 is 1.86 bits per heavy atom. The van der Waals surface area contributed by atoms with E-state index < -0.39 is 0 Å². The molecule has 2 aromatic carbocycles. The van der Waals surface area contributed by atoms with Crippen LogP contribution in [-0.2, 0) is 0 Å². The molecule has 2 aromatic rings. The lowest BCUT2D eigenvalue weighted by atomic mass is 10.1. The van der Waals surface area contributed by atoms with Crippen LogP contribution >= 0.6 is 23.2 Å². The Kier molecular flexibility index (Phi) is 2.44. The fraction of sp³-hybridized carbons (Fsp3) is 0. The van der Waals surface area contributed by atoms with Crippen LogP contribution in [-0.4, -0.2) is 6.29 Å². The number of carbonyl (C=O) groups is 1. The molecule has 2 rings (SSSR count). The molecule has 0 atom stereocenters. The minimum atomic E-state index is 0.548. The highest BCUT2D eigenvalue weighted by atomic mass is 35.5. The summed E-state index contributed by atoms with van der Waals surface area (Å²) in [6, 6.07) is 8.82. The normalized spacial score (nSPS) is 10.4. The van der Waals surface area contributed by atoms with Gasteiger partial charge in [-0.15, -0.1) is 0 Å². The summed E-state index contributed by atoms with van der Waals surface area (Å²) in [6.45, 7) is 0. The van der Waals surface area contributed by atoms with Crippen molar-refractivity contribution in [3.05, 3.63) is 45.9 Å². The van der Waals surface area contributed by atoms with E-state index in [2.05, 4.69) is 0 Å². The van der Waals surface area contributed by atoms with Crippen molar-refractivity contribution < 1.29 is 4.79 Å². The van der Waals surface area contributed by atoms with Crippen LogP contribution in [0.25, 0.3) is 10.8 Å². The maximum Gasteiger partial charge on any atom is 0.150 e. The van der Waals surface area contributed by atoms with Crippen molar-refractivity contribution in [3.8, 4) is 0 Å². The van der Waals surface area contributed by atoms with Crippen LogP contribution < -0.4 is 0 Å². The Bertz CT molecular complexity index is 506. The zero-order chi connectivity index (χ0) is 10.1. The van der Waals surface area contributed by atoms with Gasteiger partial charge in [-0.25, -0.2) is 0 Å². The summed E-state index contributed by atoms with van der Waals surface area (Å²) < 4.78 is 0. The van der Waals surface area contributed by atoms with E-state index in [0.717, 1.165) is 17.1 Å². The first-order chi connectivity index (χ1) is 6.70. The number of hydrogen-bond donors (Lipinski definition) is 0. The Morgan fingerprint density at radius 1 is 1.07 bits per heavy atom. The van der Waals surface area contributed by atoms with E-state index in [4.69, 9.17) is 23.2 Å². The maximum atomic E-state index is 10.6. The molecule has 1 nitrogen and oxygen atoms in total. The van der Waals surface area contributed by atoms with Crippen LogP contribution in [0.5, 0.6) is 0 Å². The van der Waals surface area contributed by atoms with Crippen molar-refractivity contribution in [2.45, 2.75) is 0 Å². The van der Waals surface area contributed by atoms with Crippen LogP contribution in [0.2, 0.25) is 10.0 Å². The molecule has 0 aliphatic heterocycles. The lowest BCUT2D eigenvalue weighted by molar-refractivity contribution is 0.112. The summed E-state index contributed by atoms with van der Waals surface area (Å²) in [5, 5.41) is 2.97. The number of halogens is 2. The highest BCUT2D eigenvalue weighted by Crippen LogP contribution is 2.27. The molecular formula is C11H6Cl2O. The predicted molar refractivity (Wildman–Crippen MR) is 59.4 cm³/mol. The minimum Gasteiger partial charge on any atom is -0.298 e. The molecule has 0 aliphatic rings. The molecule has 70 valence electrons. The van der Waals surface area contributed by atoms with Gasteiger partial charge in [0.15, 0.2) is 0 Å². The van der Waals surface area contributed by atoms with Crippen molar-refractivity contribution in [1.82, 2.24) is 0 Å². The van der Waals surface area contributed by atoms with Crippen LogP contribution in [0.4, 0.5) is 0 Å². The van der Waals surface area contributed by atoms with Crippen molar-refractivity contribution in [2.24, 2.45) is 0 Å². The first-order valence-electron chi connectivity index (χ1n) is 4.05. The first-order valence-corrected chi connectivity index (χ1v) is 4.80. The smallest absolute Gasteiger partial charge is 0.150 e. The van der Waals surface area contributed by atoms with E-state index in [1.54, 1.807) is 24.3 Å². The van der Waals surface area contributed by atoms with Crippen LogP contribution in [0.1, 0.15) is 10.4 Å². The molecule has 0 saturated carbocycles. The predicted octanol–water partition coefficient (Wildman–Crippen LogP) is 3.96. The first kappa shape index (κ1) is 9.50. The van der Waals surface area contributed by atoms with Crippen molar-refractivity contribution in [3.63, 3.8) is 0 Å². The number of benzene rings is 2.